The Morgan fingerprint density at radius 2 is 2.25 bits per heavy atom. The van der Waals surface area contributed by atoms with Crippen LogP contribution in [0.1, 0.15) is 50.8 Å². The van der Waals surface area contributed by atoms with Crippen LogP contribution in [0.2, 0.25) is 0 Å². The summed E-state index contributed by atoms with van der Waals surface area (Å²) in [4.78, 5) is 0. The number of hydrogen-bond acceptors (Lipinski definition) is 2. The van der Waals surface area contributed by atoms with Crippen molar-refractivity contribution >= 4 is 0 Å². The molecular formula is C13H23N3. The molecule has 0 spiro atoms. The smallest absolute Gasteiger partial charge is 0.0537 e. The summed E-state index contributed by atoms with van der Waals surface area (Å²) < 4.78 is 2.23. The van der Waals surface area contributed by atoms with Crippen molar-refractivity contribution < 1.29 is 0 Å². The molecule has 1 aromatic heterocycles. The van der Waals surface area contributed by atoms with Crippen molar-refractivity contribution in [2.75, 3.05) is 6.54 Å². The Hall–Kier alpha value is -0.830. The third-order valence-corrected chi connectivity index (χ3v) is 3.03. The number of aromatic nitrogens is 2. The molecule has 0 unspecified atom stereocenters. The van der Waals surface area contributed by atoms with E-state index in [1.165, 1.54) is 24.1 Å². The van der Waals surface area contributed by atoms with Gasteiger partial charge < -0.3 is 5.32 Å². The molecule has 0 bridgehead atoms. The first kappa shape index (κ1) is 11.6. The van der Waals surface area contributed by atoms with E-state index in [9.17, 15) is 0 Å². The van der Waals surface area contributed by atoms with Gasteiger partial charge in [0.1, 0.15) is 0 Å². The molecule has 1 saturated carbocycles. The lowest BCUT2D eigenvalue weighted by atomic mass is 10.1. The SMILES string of the molecule is CCNCc1cnn(CC(C)C)c1C1CC1. The predicted octanol–water partition coefficient (Wildman–Crippen LogP) is 2.53. The maximum atomic E-state index is 4.55. The number of nitrogens with zero attached hydrogens (tertiary/aromatic N) is 2. The quantitative estimate of drug-likeness (QED) is 0.800. The second-order valence-electron chi connectivity index (χ2n) is 5.19. The molecule has 3 nitrogen and oxygen atoms in total. The number of hydrogen-bond donors (Lipinski definition) is 1. The maximum Gasteiger partial charge on any atom is 0.0537 e. The highest BCUT2D eigenvalue weighted by Crippen LogP contribution is 2.41. The molecule has 1 heterocycles. The van der Waals surface area contributed by atoms with Gasteiger partial charge in [-0.2, -0.15) is 5.10 Å². The molecule has 0 amide bonds. The second kappa shape index (κ2) is 5.00. The van der Waals surface area contributed by atoms with E-state index in [2.05, 4.69) is 42.1 Å². The summed E-state index contributed by atoms with van der Waals surface area (Å²) in [7, 11) is 0. The third kappa shape index (κ3) is 2.64. The molecule has 1 fully saturated rings. The van der Waals surface area contributed by atoms with E-state index in [0.717, 1.165) is 25.6 Å². The van der Waals surface area contributed by atoms with Crippen LogP contribution in [-0.4, -0.2) is 16.3 Å². The lowest BCUT2D eigenvalue weighted by Gasteiger charge is -2.11. The molecule has 0 atom stereocenters. The molecule has 0 aliphatic heterocycles. The fraction of sp³-hybridized carbons (Fsp3) is 0.769. The largest absolute Gasteiger partial charge is 0.313 e. The van der Waals surface area contributed by atoms with Crippen molar-refractivity contribution in [1.29, 1.82) is 0 Å². The average Bonchev–Trinajstić information content (AvgIpc) is 2.99. The number of rotatable bonds is 6. The molecular weight excluding hydrogens is 198 g/mol. The van der Waals surface area contributed by atoms with Gasteiger partial charge in [0.05, 0.1) is 6.20 Å². The van der Waals surface area contributed by atoms with E-state index >= 15 is 0 Å². The summed E-state index contributed by atoms with van der Waals surface area (Å²) in [5, 5.41) is 7.95. The van der Waals surface area contributed by atoms with Crippen molar-refractivity contribution in [2.45, 2.75) is 52.6 Å². The lowest BCUT2D eigenvalue weighted by Crippen LogP contribution is -2.14. The van der Waals surface area contributed by atoms with Crippen molar-refractivity contribution in [3.05, 3.63) is 17.5 Å². The van der Waals surface area contributed by atoms with Gasteiger partial charge in [-0.05, 0) is 25.3 Å². The van der Waals surface area contributed by atoms with Gasteiger partial charge in [0.2, 0.25) is 0 Å². The third-order valence-electron chi connectivity index (χ3n) is 3.03. The highest BCUT2D eigenvalue weighted by Gasteiger charge is 2.29. The van der Waals surface area contributed by atoms with Crippen LogP contribution in [0, 0.1) is 5.92 Å². The Balaban J connectivity index is 2.14. The fourth-order valence-electron chi connectivity index (χ4n) is 2.15. The van der Waals surface area contributed by atoms with Crippen LogP contribution in [0.5, 0.6) is 0 Å². The Morgan fingerprint density at radius 3 is 2.81 bits per heavy atom. The van der Waals surface area contributed by atoms with E-state index in [1.807, 2.05) is 0 Å². The van der Waals surface area contributed by atoms with E-state index in [1.54, 1.807) is 0 Å². The van der Waals surface area contributed by atoms with Gasteiger partial charge in [0.15, 0.2) is 0 Å². The van der Waals surface area contributed by atoms with Crippen LogP contribution in [0.15, 0.2) is 6.20 Å². The highest BCUT2D eigenvalue weighted by atomic mass is 15.3. The predicted molar refractivity (Wildman–Crippen MR) is 66.4 cm³/mol. The summed E-state index contributed by atoms with van der Waals surface area (Å²) in [5.74, 6) is 1.46. The molecule has 1 N–H and O–H groups in total. The van der Waals surface area contributed by atoms with Crippen LogP contribution in [0.25, 0.3) is 0 Å². The van der Waals surface area contributed by atoms with E-state index < -0.39 is 0 Å². The molecule has 1 aliphatic carbocycles. The second-order valence-corrected chi connectivity index (χ2v) is 5.19. The molecule has 1 aliphatic rings. The first-order valence-corrected chi connectivity index (χ1v) is 6.47. The summed E-state index contributed by atoms with van der Waals surface area (Å²) in [5.41, 5.74) is 2.90. The molecule has 1 aromatic rings. The average molecular weight is 221 g/mol. The topological polar surface area (TPSA) is 29.9 Å². The van der Waals surface area contributed by atoms with Crippen molar-refractivity contribution in [1.82, 2.24) is 15.1 Å². The summed E-state index contributed by atoms with van der Waals surface area (Å²) in [6.45, 7) is 9.71. The Bertz CT molecular complexity index is 337. The van der Waals surface area contributed by atoms with Gasteiger partial charge in [-0.15, -0.1) is 0 Å². The number of nitrogens with one attached hydrogen (secondary N) is 1. The van der Waals surface area contributed by atoms with Crippen LogP contribution in [-0.2, 0) is 13.1 Å². The monoisotopic (exact) mass is 221 g/mol. The summed E-state index contributed by atoms with van der Waals surface area (Å²) in [6.07, 6.45) is 4.75. The van der Waals surface area contributed by atoms with E-state index in [0.29, 0.717) is 5.92 Å². The summed E-state index contributed by atoms with van der Waals surface area (Å²) >= 11 is 0. The van der Waals surface area contributed by atoms with E-state index in [4.69, 9.17) is 0 Å². The molecule has 16 heavy (non-hydrogen) atoms. The van der Waals surface area contributed by atoms with Gasteiger partial charge in [0, 0.05) is 30.3 Å². The minimum Gasteiger partial charge on any atom is -0.313 e. The minimum atomic E-state index is 0.671. The highest BCUT2D eigenvalue weighted by molar-refractivity contribution is 5.25. The first-order valence-electron chi connectivity index (χ1n) is 6.47. The Kier molecular flexibility index (Phi) is 3.64. The molecule has 3 heteroatoms. The first-order chi connectivity index (χ1) is 7.72. The zero-order valence-corrected chi connectivity index (χ0v) is 10.7. The Labute approximate surface area is 98.2 Å². The zero-order valence-electron chi connectivity index (χ0n) is 10.7. The Morgan fingerprint density at radius 1 is 1.50 bits per heavy atom. The summed E-state index contributed by atoms with van der Waals surface area (Å²) in [6, 6.07) is 0. The van der Waals surface area contributed by atoms with Gasteiger partial charge in [-0.1, -0.05) is 20.8 Å². The fourth-order valence-corrected chi connectivity index (χ4v) is 2.15. The van der Waals surface area contributed by atoms with Gasteiger partial charge >= 0.3 is 0 Å². The zero-order chi connectivity index (χ0) is 11.5. The van der Waals surface area contributed by atoms with Crippen LogP contribution < -0.4 is 5.32 Å². The van der Waals surface area contributed by atoms with Crippen LogP contribution >= 0.6 is 0 Å². The standard InChI is InChI=1S/C13H23N3/c1-4-14-7-12-8-15-16(9-10(2)3)13(12)11-5-6-11/h8,10-11,14H,4-7,9H2,1-3H3. The van der Waals surface area contributed by atoms with Crippen molar-refractivity contribution in [3.63, 3.8) is 0 Å². The van der Waals surface area contributed by atoms with Crippen LogP contribution in [0.3, 0.4) is 0 Å². The van der Waals surface area contributed by atoms with Gasteiger partial charge in [-0.3, -0.25) is 4.68 Å². The van der Waals surface area contributed by atoms with Gasteiger partial charge in [0.25, 0.3) is 0 Å². The lowest BCUT2D eigenvalue weighted by molar-refractivity contribution is 0.468. The van der Waals surface area contributed by atoms with E-state index in [-0.39, 0.29) is 0 Å². The molecule has 0 aromatic carbocycles. The molecule has 0 saturated heterocycles. The minimum absolute atomic E-state index is 0.671. The van der Waals surface area contributed by atoms with Crippen molar-refractivity contribution in [2.24, 2.45) is 5.92 Å². The van der Waals surface area contributed by atoms with Crippen LogP contribution in [0.4, 0.5) is 0 Å². The molecule has 0 radical (unpaired) electrons. The normalized spacial score (nSPS) is 16.0. The van der Waals surface area contributed by atoms with Crippen molar-refractivity contribution in [3.8, 4) is 0 Å². The molecule has 90 valence electrons. The van der Waals surface area contributed by atoms with Gasteiger partial charge in [-0.25, -0.2) is 0 Å². The molecule has 2 rings (SSSR count). The maximum absolute atomic E-state index is 4.55.